The van der Waals surface area contributed by atoms with Gasteiger partial charge in [-0.2, -0.15) is 0 Å². The maximum Gasteiger partial charge on any atom is 0.310 e. The van der Waals surface area contributed by atoms with Crippen LogP contribution in [0, 0.1) is 5.41 Å². The number of carbonyl (C=O) groups excluding carboxylic acids is 1. The molecule has 0 rings (SSSR count). The van der Waals surface area contributed by atoms with Crippen molar-refractivity contribution in [2.45, 2.75) is 33.1 Å². The Morgan fingerprint density at radius 1 is 1.33 bits per heavy atom. The first-order chi connectivity index (χ1) is 5.48. The number of hydrogen-bond acceptors (Lipinski definition) is 2. The van der Waals surface area contributed by atoms with E-state index in [-0.39, 0.29) is 6.42 Å². The van der Waals surface area contributed by atoms with Gasteiger partial charge in [0.25, 0.3) is 0 Å². The van der Waals surface area contributed by atoms with Crippen LogP contribution in [0.1, 0.15) is 33.1 Å². The third-order valence-corrected chi connectivity index (χ3v) is 2.32. The van der Waals surface area contributed by atoms with Gasteiger partial charge < -0.3 is 10.8 Å². The van der Waals surface area contributed by atoms with Gasteiger partial charge in [-0.15, -0.1) is 0 Å². The van der Waals surface area contributed by atoms with Crippen molar-refractivity contribution in [1.29, 1.82) is 0 Å². The monoisotopic (exact) mass is 173 g/mol. The van der Waals surface area contributed by atoms with Crippen LogP contribution in [0.5, 0.6) is 0 Å². The second-order valence-corrected chi connectivity index (χ2v) is 2.94. The molecule has 0 atom stereocenters. The maximum absolute atomic E-state index is 10.8. The molecule has 0 aliphatic rings. The Bertz CT molecular complexity index is 185. The summed E-state index contributed by atoms with van der Waals surface area (Å²) in [6.45, 7) is 3.50. The van der Waals surface area contributed by atoms with Crippen molar-refractivity contribution in [1.82, 2.24) is 0 Å². The molecule has 70 valence electrons. The number of amides is 1. The van der Waals surface area contributed by atoms with Crippen molar-refractivity contribution < 1.29 is 14.7 Å². The highest BCUT2D eigenvalue weighted by atomic mass is 16.4. The first-order valence-electron chi connectivity index (χ1n) is 4.00. The van der Waals surface area contributed by atoms with Crippen LogP contribution in [-0.2, 0) is 9.59 Å². The van der Waals surface area contributed by atoms with Crippen LogP contribution in [0.25, 0.3) is 0 Å². The van der Waals surface area contributed by atoms with Crippen LogP contribution < -0.4 is 5.73 Å². The van der Waals surface area contributed by atoms with E-state index in [1.807, 2.05) is 0 Å². The first-order valence-corrected chi connectivity index (χ1v) is 4.00. The lowest BCUT2D eigenvalue weighted by Crippen LogP contribution is -2.34. The van der Waals surface area contributed by atoms with Crippen LogP contribution in [-0.4, -0.2) is 17.0 Å². The number of carbonyl (C=O) groups is 2. The molecule has 0 radical (unpaired) electrons. The predicted octanol–water partition coefficient (Wildman–Crippen LogP) is 0.753. The second kappa shape index (κ2) is 4.09. The van der Waals surface area contributed by atoms with Crippen molar-refractivity contribution in [2.24, 2.45) is 11.1 Å². The molecule has 0 aromatic carbocycles. The lowest BCUT2D eigenvalue weighted by Gasteiger charge is -2.24. The topological polar surface area (TPSA) is 80.4 Å². The fraction of sp³-hybridized carbons (Fsp3) is 0.750. The normalized spacial score (nSPS) is 11.2. The van der Waals surface area contributed by atoms with E-state index in [1.165, 1.54) is 0 Å². The summed E-state index contributed by atoms with van der Waals surface area (Å²) in [7, 11) is 0. The average molecular weight is 173 g/mol. The van der Waals surface area contributed by atoms with Gasteiger partial charge in [-0.3, -0.25) is 9.59 Å². The third-order valence-electron chi connectivity index (χ3n) is 2.32. The molecule has 0 aromatic heterocycles. The minimum atomic E-state index is -0.953. The highest BCUT2D eigenvalue weighted by Gasteiger charge is 2.36. The number of rotatable bonds is 5. The SMILES string of the molecule is CCC(CC)(CC(N)=O)C(=O)O. The van der Waals surface area contributed by atoms with Crippen molar-refractivity contribution in [3.05, 3.63) is 0 Å². The molecule has 4 heteroatoms. The maximum atomic E-state index is 10.8. The first kappa shape index (κ1) is 10.9. The number of carboxylic acid groups (broad SMARTS) is 1. The van der Waals surface area contributed by atoms with Crippen LogP contribution in [0.2, 0.25) is 0 Å². The van der Waals surface area contributed by atoms with Crippen LogP contribution in [0.3, 0.4) is 0 Å². The Kier molecular flexibility index (Phi) is 3.73. The summed E-state index contributed by atoms with van der Waals surface area (Å²) in [6.07, 6.45) is 0.791. The zero-order valence-corrected chi connectivity index (χ0v) is 7.46. The van der Waals surface area contributed by atoms with E-state index in [0.29, 0.717) is 12.8 Å². The molecule has 0 unspecified atom stereocenters. The van der Waals surface area contributed by atoms with Crippen molar-refractivity contribution >= 4 is 11.9 Å². The zero-order chi connectivity index (χ0) is 9.78. The summed E-state index contributed by atoms with van der Waals surface area (Å²) in [5.74, 6) is -1.49. The van der Waals surface area contributed by atoms with Crippen LogP contribution in [0.4, 0.5) is 0 Å². The summed E-state index contributed by atoms with van der Waals surface area (Å²) in [5, 5.41) is 8.86. The number of carboxylic acids is 1. The number of nitrogens with two attached hydrogens (primary N) is 1. The Labute approximate surface area is 71.8 Å². The fourth-order valence-electron chi connectivity index (χ4n) is 1.21. The summed E-state index contributed by atoms with van der Waals surface area (Å²) < 4.78 is 0. The van der Waals surface area contributed by atoms with Crippen LogP contribution >= 0.6 is 0 Å². The standard InChI is InChI=1S/C8H15NO3/c1-3-8(4-2,7(11)12)5-6(9)10/h3-5H2,1-2H3,(H2,9,10)(H,11,12). The molecule has 0 bridgehead atoms. The molecule has 0 fully saturated rings. The zero-order valence-electron chi connectivity index (χ0n) is 7.46. The second-order valence-electron chi connectivity index (χ2n) is 2.94. The van der Waals surface area contributed by atoms with Crippen molar-refractivity contribution in [3.8, 4) is 0 Å². The molecule has 0 aromatic rings. The van der Waals surface area contributed by atoms with Gasteiger partial charge in [0.15, 0.2) is 0 Å². The molecule has 4 nitrogen and oxygen atoms in total. The largest absolute Gasteiger partial charge is 0.481 e. The van der Waals surface area contributed by atoms with Crippen molar-refractivity contribution in [3.63, 3.8) is 0 Å². The Morgan fingerprint density at radius 3 is 1.83 bits per heavy atom. The summed E-state index contributed by atoms with van der Waals surface area (Å²) >= 11 is 0. The van der Waals surface area contributed by atoms with Gasteiger partial charge >= 0.3 is 5.97 Å². The molecule has 12 heavy (non-hydrogen) atoms. The van der Waals surface area contributed by atoms with E-state index in [2.05, 4.69) is 0 Å². The smallest absolute Gasteiger partial charge is 0.310 e. The molecule has 0 saturated carbocycles. The molecule has 0 aliphatic carbocycles. The Morgan fingerprint density at radius 2 is 1.75 bits per heavy atom. The Balaban J connectivity index is 4.58. The molecule has 0 spiro atoms. The van der Waals surface area contributed by atoms with Crippen LogP contribution in [0.15, 0.2) is 0 Å². The van der Waals surface area contributed by atoms with Gasteiger partial charge in [-0.25, -0.2) is 0 Å². The van der Waals surface area contributed by atoms with E-state index < -0.39 is 17.3 Å². The lowest BCUT2D eigenvalue weighted by atomic mass is 9.79. The lowest BCUT2D eigenvalue weighted by molar-refractivity contribution is -0.152. The van der Waals surface area contributed by atoms with E-state index in [1.54, 1.807) is 13.8 Å². The van der Waals surface area contributed by atoms with Crippen molar-refractivity contribution in [2.75, 3.05) is 0 Å². The number of aliphatic carboxylic acids is 1. The summed E-state index contributed by atoms with van der Waals surface area (Å²) in [4.78, 5) is 21.4. The quantitative estimate of drug-likeness (QED) is 0.643. The molecule has 0 saturated heterocycles. The van der Waals surface area contributed by atoms with Gasteiger partial charge in [0.2, 0.25) is 5.91 Å². The molecule has 0 heterocycles. The minimum Gasteiger partial charge on any atom is -0.481 e. The minimum absolute atomic E-state index is 0.0741. The molecule has 3 N–H and O–H groups in total. The molecule has 0 aliphatic heterocycles. The van der Waals surface area contributed by atoms with Gasteiger partial charge in [0.1, 0.15) is 0 Å². The van der Waals surface area contributed by atoms with Gasteiger partial charge in [0.05, 0.1) is 5.41 Å². The number of hydrogen-bond donors (Lipinski definition) is 2. The van der Waals surface area contributed by atoms with Gasteiger partial charge in [0, 0.05) is 6.42 Å². The highest BCUT2D eigenvalue weighted by molar-refractivity contribution is 5.83. The highest BCUT2D eigenvalue weighted by Crippen LogP contribution is 2.30. The van der Waals surface area contributed by atoms with E-state index in [0.717, 1.165) is 0 Å². The molecule has 1 amide bonds. The third kappa shape index (κ3) is 2.22. The summed E-state index contributed by atoms with van der Waals surface area (Å²) in [6, 6.07) is 0. The van der Waals surface area contributed by atoms with E-state index in [4.69, 9.17) is 10.8 Å². The Hall–Kier alpha value is -1.06. The predicted molar refractivity (Wildman–Crippen MR) is 44.5 cm³/mol. The molecular weight excluding hydrogens is 158 g/mol. The molecular formula is C8H15NO3. The number of primary amides is 1. The van der Waals surface area contributed by atoms with Gasteiger partial charge in [-0.1, -0.05) is 13.8 Å². The fourth-order valence-corrected chi connectivity index (χ4v) is 1.21. The van der Waals surface area contributed by atoms with E-state index >= 15 is 0 Å². The van der Waals surface area contributed by atoms with Gasteiger partial charge in [-0.05, 0) is 12.8 Å². The average Bonchev–Trinajstić information content (AvgIpc) is 1.99. The summed E-state index contributed by atoms with van der Waals surface area (Å²) in [5.41, 5.74) is 4.01. The van der Waals surface area contributed by atoms with E-state index in [9.17, 15) is 9.59 Å².